The molecule has 1 fully saturated rings. The van der Waals surface area contributed by atoms with E-state index in [0.29, 0.717) is 6.47 Å². The number of carbonyl (C=O) groups excluding carboxylic acids is 2. The number of carboxylic acids is 1. The summed E-state index contributed by atoms with van der Waals surface area (Å²) in [7, 11) is 1.85. The van der Waals surface area contributed by atoms with Crippen molar-refractivity contribution in [3.63, 3.8) is 0 Å². The number of benzene rings is 1. The lowest BCUT2D eigenvalue weighted by atomic mass is 9.96. The Morgan fingerprint density at radius 1 is 1.23 bits per heavy atom. The van der Waals surface area contributed by atoms with Gasteiger partial charge in [0.15, 0.2) is 0 Å². The van der Waals surface area contributed by atoms with E-state index in [4.69, 9.17) is 15.6 Å². The van der Waals surface area contributed by atoms with Gasteiger partial charge in [-0.05, 0) is 70.8 Å². The summed E-state index contributed by atoms with van der Waals surface area (Å²) in [5, 5.41) is 8.54. The maximum atomic E-state index is 10.8. The molecular weight excluding hydrogens is 448 g/mol. The molecule has 192 valence electrons. The minimum absolute atomic E-state index is 0.0604. The highest BCUT2D eigenvalue weighted by Crippen LogP contribution is 2.37. The highest BCUT2D eigenvalue weighted by molar-refractivity contribution is 5.73. The van der Waals surface area contributed by atoms with Gasteiger partial charge in [-0.15, -0.1) is 0 Å². The Bertz CT molecular complexity index is 930. The second-order valence-electron chi connectivity index (χ2n) is 9.14. The van der Waals surface area contributed by atoms with Crippen LogP contribution in [-0.4, -0.2) is 60.4 Å². The maximum Gasteiger partial charge on any atom is 0.404 e. The van der Waals surface area contributed by atoms with E-state index in [1.54, 1.807) is 0 Å². The molecule has 2 aliphatic rings. The van der Waals surface area contributed by atoms with Crippen molar-refractivity contribution in [2.24, 2.45) is 5.73 Å². The van der Waals surface area contributed by atoms with Crippen molar-refractivity contribution in [2.75, 3.05) is 20.2 Å². The largest absolute Gasteiger partial charge is 0.480 e. The average molecular weight is 487 g/mol. The van der Waals surface area contributed by atoms with E-state index < -0.39 is 12.1 Å². The zero-order valence-electron chi connectivity index (χ0n) is 21.3. The minimum atomic E-state index is -0.735. The summed E-state index contributed by atoms with van der Waals surface area (Å²) in [5.41, 5.74) is 8.19. The number of allylic oxidation sites excluding steroid dienone is 4. The lowest BCUT2D eigenvalue weighted by Gasteiger charge is -2.14. The van der Waals surface area contributed by atoms with Crippen molar-refractivity contribution >= 4 is 24.6 Å². The predicted molar refractivity (Wildman–Crippen MR) is 137 cm³/mol. The van der Waals surface area contributed by atoms with Gasteiger partial charge >= 0.3 is 12.1 Å². The lowest BCUT2D eigenvalue weighted by molar-refractivity contribution is -0.141. The number of ether oxygens (including phenoxy) is 2. The summed E-state index contributed by atoms with van der Waals surface area (Å²) in [5.74, 6) is -0.625. The number of primary amides is 1. The smallest absolute Gasteiger partial charge is 0.404 e. The highest BCUT2D eigenvalue weighted by Gasteiger charge is 2.27. The Kier molecular flexibility index (Phi) is 12.5. The molecule has 1 aliphatic carbocycles. The summed E-state index contributed by atoms with van der Waals surface area (Å²) in [6, 6.07) is 7.88. The van der Waals surface area contributed by atoms with Gasteiger partial charge in [-0.3, -0.25) is 14.5 Å². The van der Waals surface area contributed by atoms with Gasteiger partial charge in [-0.25, -0.2) is 4.79 Å². The normalized spacial score (nSPS) is 19.2. The topological polar surface area (TPSA) is 119 Å². The molecule has 1 aliphatic heterocycles. The van der Waals surface area contributed by atoms with Crippen LogP contribution < -0.4 is 5.73 Å². The standard InChI is InChI=1S/C16H17NO2.C6H11NO2.C5H10O2/c1-2-3-4-7-13-10-12-8-5-6-9-14(12)15(13)11-19-16(17)18;1-7-4-2-3-5(7)6(8)9;1-5(2,3)7-4-6/h2-10,15H,11H2,1H3,(H2,17,18);5H,2-4H2,1H3,(H,8,9);4H,1-3H3/b3-2-,7-4-;;/t;5-;/m.0./s1. The summed E-state index contributed by atoms with van der Waals surface area (Å²) < 4.78 is 9.51. The van der Waals surface area contributed by atoms with Crippen LogP contribution in [0.4, 0.5) is 4.79 Å². The van der Waals surface area contributed by atoms with E-state index in [1.165, 1.54) is 11.1 Å². The van der Waals surface area contributed by atoms with Crippen LogP contribution in [0.1, 0.15) is 57.6 Å². The number of likely N-dealkylation sites (N-methyl/N-ethyl adjacent to an activating group) is 1. The van der Waals surface area contributed by atoms with Crippen LogP contribution in [0, 0.1) is 0 Å². The molecule has 3 rings (SSSR count). The zero-order chi connectivity index (χ0) is 26.4. The lowest BCUT2D eigenvalue weighted by Crippen LogP contribution is -2.32. The van der Waals surface area contributed by atoms with E-state index in [0.717, 1.165) is 25.0 Å². The third kappa shape index (κ3) is 11.1. The van der Waals surface area contributed by atoms with Crippen LogP contribution in [0.5, 0.6) is 0 Å². The number of nitrogens with two attached hydrogens (primary N) is 1. The van der Waals surface area contributed by atoms with Gasteiger partial charge in [0.2, 0.25) is 0 Å². The van der Waals surface area contributed by atoms with E-state index in [-0.39, 0.29) is 24.2 Å². The first-order valence-corrected chi connectivity index (χ1v) is 11.6. The molecule has 8 nitrogen and oxygen atoms in total. The molecular formula is C27H38N2O6. The number of aliphatic carboxylic acids is 1. The maximum absolute atomic E-state index is 10.8. The number of amides is 1. The number of hydrogen-bond acceptors (Lipinski definition) is 6. The van der Waals surface area contributed by atoms with Gasteiger partial charge in [-0.1, -0.05) is 54.6 Å². The average Bonchev–Trinajstić information content (AvgIpc) is 3.35. The molecule has 0 radical (unpaired) electrons. The van der Waals surface area contributed by atoms with Crippen LogP contribution >= 0.6 is 0 Å². The molecule has 0 bridgehead atoms. The van der Waals surface area contributed by atoms with Crippen LogP contribution in [0.3, 0.4) is 0 Å². The third-order valence-corrected chi connectivity index (χ3v) is 5.29. The van der Waals surface area contributed by atoms with Gasteiger partial charge in [0.25, 0.3) is 6.47 Å². The number of fused-ring (bicyclic) bond motifs is 1. The van der Waals surface area contributed by atoms with Gasteiger partial charge in [0.05, 0.1) is 0 Å². The summed E-state index contributed by atoms with van der Waals surface area (Å²) in [4.78, 5) is 32.6. The van der Waals surface area contributed by atoms with Gasteiger partial charge < -0.3 is 20.3 Å². The molecule has 1 unspecified atom stereocenters. The molecule has 1 aromatic rings. The van der Waals surface area contributed by atoms with Crippen molar-refractivity contribution in [1.29, 1.82) is 0 Å². The number of nitrogens with zero attached hydrogens (tertiary/aromatic N) is 1. The first-order valence-electron chi connectivity index (χ1n) is 11.6. The molecule has 1 saturated heterocycles. The van der Waals surface area contributed by atoms with Crippen LogP contribution in [0.15, 0.2) is 54.1 Å². The second-order valence-corrected chi connectivity index (χ2v) is 9.14. The summed E-state index contributed by atoms with van der Waals surface area (Å²) in [6.07, 6.45) is 11.2. The molecule has 1 aromatic carbocycles. The monoisotopic (exact) mass is 486 g/mol. The number of likely N-dealkylation sites (tertiary alicyclic amines) is 1. The van der Waals surface area contributed by atoms with E-state index >= 15 is 0 Å². The number of carboxylic acid groups (broad SMARTS) is 1. The summed E-state index contributed by atoms with van der Waals surface area (Å²) >= 11 is 0. The van der Waals surface area contributed by atoms with Gasteiger partial charge in [-0.2, -0.15) is 0 Å². The van der Waals surface area contributed by atoms with Crippen LogP contribution in [0.2, 0.25) is 0 Å². The van der Waals surface area contributed by atoms with Crippen molar-refractivity contribution in [3.05, 3.63) is 65.3 Å². The number of rotatable bonds is 6. The molecule has 1 amide bonds. The minimum Gasteiger partial charge on any atom is -0.480 e. The fourth-order valence-electron chi connectivity index (χ4n) is 3.58. The summed E-state index contributed by atoms with van der Waals surface area (Å²) in [6.45, 7) is 9.09. The molecule has 8 heteroatoms. The molecule has 35 heavy (non-hydrogen) atoms. The number of carbonyl (C=O) groups is 3. The number of hydrogen-bond donors (Lipinski definition) is 2. The first-order chi connectivity index (χ1) is 16.5. The third-order valence-electron chi connectivity index (χ3n) is 5.29. The van der Waals surface area contributed by atoms with Crippen molar-refractivity contribution in [1.82, 2.24) is 4.90 Å². The first kappa shape index (κ1) is 29.6. The van der Waals surface area contributed by atoms with Crippen LogP contribution in [0.25, 0.3) is 6.08 Å². The quantitative estimate of drug-likeness (QED) is 0.448. The fourth-order valence-corrected chi connectivity index (χ4v) is 3.58. The van der Waals surface area contributed by atoms with Crippen molar-refractivity contribution < 1.29 is 29.0 Å². The molecule has 0 spiro atoms. The zero-order valence-corrected chi connectivity index (χ0v) is 21.3. The molecule has 2 atom stereocenters. The predicted octanol–water partition coefficient (Wildman–Crippen LogP) is 4.52. The van der Waals surface area contributed by atoms with Crippen molar-refractivity contribution in [2.45, 2.75) is 58.1 Å². The Balaban J connectivity index is 0.000000317. The molecule has 1 heterocycles. The Morgan fingerprint density at radius 2 is 1.91 bits per heavy atom. The Labute approximate surface area is 208 Å². The van der Waals surface area contributed by atoms with E-state index in [2.05, 4.69) is 22.9 Å². The molecule has 0 aromatic heterocycles. The molecule has 0 saturated carbocycles. The van der Waals surface area contributed by atoms with Crippen molar-refractivity contribution in [3.8, 4) is 0 Å². The van der Waals surface area contributed by atoms with Crippen LogP contribution in [-0.2, 0) is 19.1 Å². The van der Waals surface area contributed by atoms with Gasteiger partial charge in [0, 0.05) is 5.92 Å². The highest BCUT2D eigenvalue weighted by atomic mass is 16.5. The Morgan fingerprint density at radius 3 is 2.37 bits per heavy atom. The van der Waals surface area contributed by atoms with E-state index in [1.807, 2.05) is 76.1 Å². The fraction of sp³-hybridized carbons (Fsp3) is 0.444. The SMILES string of the molecule is C/C=C\C=C/C1=Cc2ccccc2C1COC(N)=O.CC(C)(C)OC=O.CN1CCC[C@H]1C(=O)O. The second kappa shape index (κ2) is 14.8. The van der Waals surface area contributed by atoms with Gasteiger partial charge in [0.1, 0.15) is 18.2 Å². The Hall–Kier alpha value is -3.39. The molecule has 3 N–H and O–H groups in total. The van der Waals surface area contributed by atoms with E-state index in [9.17, 15) is 14.4 Å².